The highest BCUT2D eigenvalue weighted by atomic mass is 32.2. The molecule has 0 saturated carbocycles. The second-order valence-electron chi connectivity index (χ2n) is 4.24. The first-order chi connectivity index (χ1) is 8.25. The number of hydrogen-bond acceptors (Lipinski definition) is 4. The number of piperidine rings is 1. The average Bonchev–Trinajstić information content (AvgIpc) is 2.28. The summed E-state index contributed by atoms with van der Waals surface area (Å²) in [6.45, 7) is -0.105. The van der Waals surface area contributed by atoms with E-state index in [2.05, 4.69) is 0 Å². The van der Waals surface area contributed by atoms with Gasteiger partial charge in [-0.25, -0.2) is 0 Å². The van der Waals surface area contributed by atoms with Crippen molar-refractivity contribution in [2.45, 2.75) is 12.8 Å². The normalized spacial score (nSPS) is 19.0. The van der Waals surface area contributed by atoms with E-state index in [1.54, 1.807) is 0 Å². The Bertz CT molecular complexity index is 427. The summed E-state index contributed by atoms with van der Waals surface area (Å²) in [4.78, 5) is 21.5. The van der Waals surface area contributed by atoms with Crippen LogP contribution in [-0.4, -0.2) is 60.7 Å². The highest BCUT2D eigenvalue weighted by Crippen LogP contribution is 2.20. The zero-order chi connectivity index (χ0) is 13.9. The summed E-state index contributed by atoms with van der Waals surface area (Å²) >= 11 is 0. The van der Waals surface area contributed by atoms with Crippen LogP contribution < -0.4 is 5.73 Å². The number of nitrogens with two attached hydrogens (primary N) is 1. The second-order valence-corrected chi connectivity index (χ2v) is 6.28. The molecule has 0 aliphatic carbocycles. The average molecular weight is 279 g/mol. The van der Waals surface area contributed by atoms with Gasteiger partial charge in [-0.2, -0.15) is 17.0 Å². The molecule has 0 spiro atoms. The first kappa shape index (κ1) is 14.9. The molecule has 0 aromatic carbocycles. The first-order valence-corrected chi connectivity index (χ1v) is 6.87. The number of hydrogen-bond donors (Lipinski definition) is 2. The van der Waals surface area contributed by atoms with Crippen LogP contribution >= 0.6 is 0 Å². The highest BCUT2D eigenvalue weighted by molar-refractivity contribution is 7.86. The van der Waals surface area contributed by atoms with Gasteiger partial charge < -0.3 is 10.8 Å². The summed E-state index contributed by atoms with van der Waals surface area (Å²) in [7, 11) is -2.47. The SMILES string of the molecule is CN(CC(N)=O)S(=O)(=O)N1CCC(C(=O)O)CC1. The number of nitrogens with zero attached hydrogens (tertiary/aromatic N) is 2. The van der Waals surface area contributed by atoms with Crippen molar-refractivity contribution in [3.8, 4) is 0 Å². The highest BCUT2D eigenvalue weighted by Gasteiger charge is 2.33. The molecule has 0 radical (unpaired) electrons. The second kappa shape index (κ2) is 5.63. The van der Waals surface area contributed by atoms with E-state index in [-0.39, 0.29) is 32.5 Å². The predicted molar refractivity (Wildman–Crippen MR) is 62.7 cm³/mol. The number of carboxylic acids is 1. The van der Waals surface area contributed by atoms with Gasteiger partial charge in [0.25, 0.3) is 10.2 Å². The number of amides is 1. The largest absolute Gasteiger partial charge is 0.481 e. The van der Waals surface area contributed by atoms with E-state index in [9.17, 15) is 18.0 Å². The summed E-state index contributed by atoms with van der Waals surface area (Å²) in [5.41, 5.74) is 4.94. The van der Waals surface area contributed by atoms with E-state index in [4.69, 9.17) is 10.8 Å². The Morgan fingerprint density at radius 1 is 1.39 bits per heavy atom. The number of primary amides is 1. The Kier molecular flexibility index (Phi) is 4.65. The van der Waals surface area contributed by atoms with Gasteiger partial charge in [-0.1, -0.05) is 0 Å². The molecule has 104 valence electrons. The van der Waals surface area contributed by atoms with Gasteiger partial charge in [-0.05, 0) is 12.8 Å². The van der Waals surface area contributed by atoms with E-state index in [0.29, 0.717) is 0 Å². The summed E-state index contributed by atoms with van der Waals surface area (Å²) in [5.74, 6) is -2.14. The van der Waals surface area contributed by atoms with Crippen LogP contribution in [0.15, 0.2) is 0 Å². The quantitative estimate of drug-likeness (QED) is 0.630. The van der Waals surface area contributed by atoms with Gasteiger partial charge in [0.15, 0.2) is 0 Å². The Balaban J connectivity index is 2.66. The van der Waals surface area contributed by atoms with E-state index < -0.39 is 28.0 Å². The molecular weight excluding hydrogens is 262 g/mol. The van der Waals surface area contributed by atoms with E-state index >= 15 is 0 Å². The smallest absolute Gasteiger partial charge is 0.306 e. The van der Waals surface area contributed by atoms with Gasteiger partial charge in [-0.15, -0.1) is 0 Å². The van der Waals surface area contributed by atoms with Crippen LogP contribution in [0.2, 0.25) is 0 Å². The fourth-order valence-electron chi connectivity index (χ4n) is 1.83. The molecule has 0 atom stereocenters. The number of carboxylic acid groups (broad SMARTS) is 1. The minimum absolute atomic E-state index is 0.141. The number of likely N-dealkylation sites (N-methyl/N-ethyl adjacent to an activating group) is 1. The molecule has 3 N–H and O–H groups in total. The van der Waals surface area contributed by atoms with Gasteiger partial charge in [-0.3, -0.25) is 9.59 Å². The Morgan fingerprint density at radius 2 is 1.89 bits per heavy atom. The molecular formula is C9H17N3O5S. The molecule has 0 aromatic rings. The monoisotopic (exact) mass is 279 g/mol. The van der Waals surface area contributed by atoms with Gasteiger partial charge in [0.2, 0.25) is 5.91 Å². The van der Waals surface area contributed by atoms with Crippen molar-refractivity contribution in [3.05, 3.63) is 0 Å². The van der Waals surface area contributed by atoms with Crippen molar-refractivity contribution in [1.29, 1.82) is 0 Å². The van der Waals surface area contributed by atoms with Crippen molar-refractivity contribution in [1.82, 2.24) is 8.61 Å². The maximum Gasteiger partial charge on any atom is 0.306 e. The Hall–Kier alpha value is -1.19. The van der Waals surface area contributed by atoms with Crippen LogP contribution in [0, 0.1) is 5.92 Å². The lowest BCUT2D eigenvalue weighted by atomic mass is 9.99. The van der Waals surface area contributed by atoms with Crippen molar-refractivity contribution >= 4 is 22.1 Å². The minimum Gasteiger partial charge on any atom is -0.481 e. The summed E-state index contributed by atoms with van der Waals surface area (Å²) in [5, 5.41) is 8.82. The van der Waals surface area contributed by atoms with Crippen molar-refractivity contribution < 1.29 is 23.1 Å². The maximum absolute atomic E-state index is 12.0. The molecule has 0 aromatic heterocycles. The molecule has 18 heavy (non-hydrogen) atoms. The van der Waals surface area contributed by atoms with Crippen molar-refractivity contribution in [2.24, 2.45) is 11.7 Å². The van der Waals surface area contributed by atoms with Crippen molar-refractivity contribution in [2.75, 3.05) is 26.7 Å². The van der Waals surface area contributed by atoms with Gasteiger partial charge in [0, 0.05) is 20.1 Å². The fourth-order valence-corrected chi connectivity index (χ4v) is 3.19. The van der Waals surface area contributed by atoms with Crippen LogP contribution in [0.25, 0.3) is 0 Å². The molecule has 0 bridgehead atoms. The molecule has 1 aliphatic heterocycles. The number of carbonyl (C=O) groups excluding carboxylic acids is 1. The minimum atomic E-state index is -3.73. The predicted octanol–water partition coefficient (Wildman–Crippen LogP) is -1.56. The van der Waals surface area contributed by atoms with Crippen LogP contribution in [0.3, 0.4) is 0 Å². The summed E-state index contributed by atoms with van der Waals surface area (Å²) in [6.07, 6.45) is 0.554. The maximum atomic E-state index is 12.0. The van der Waals surface area contributed by atoms with Crippen LogP contribution in [-0.2, 0) is 19.8 Å². The van der Waals surface area contributed by atoms with Crippen LogP contribution in [0.1, 0.15) is 12.8 Å². The zero-order valence-electron chi connectivity index (χ0n) is 10.1. The lowest BCUT2D eigenvalue weighted by molar-refractivity contribution is -0.142. The lowest BCUT2D eigenvalue weighted by Crippen LogP contribution is -2.48. The van der Waals surface area contributed by atoms with Crippen LogP contribution in [0.4, 0.5) is 0 Å². The molecule has 1 fully saturated rings. The van der Waals surface area contributed by atoms with Crippen LogP contribution in [0.5, 0.6) is 0 Å². The summed E-state index contributed by atoms with van der Waals surface area (Å²) < 4.78 is 26.0. The Labute approximate surface area is 106 Å². The third-order valence-corrected chi connectivity index (χ3v) is 4.84. The van der Waals surface area contributed by atoms with E-state index in [1.807, 2.05) is 0 Å². The molecule has 1 saturated heterocycles. The Morgan fingerprint density at radius 3 is 2.28 bits per heavy atom. The third kappa shape index (κ3) is 3.40. The van der Waals surface area contributed by atoms with Gasteiger partial charge in [0.1, 0.15) is 0 Å². The molecule has 1 heterocycles. The third-order valence-electron chi connectivity index (χ3n) is 2.90. The molecule has 1 amide bonds. The molecule has 9 heteroatoms. The summed E-state index contributed by atoms with van der Waals surface area (Å²) in [6, 6.07) is 0. The zero-order valence-corrected chi connectivity index (χ0v) is 10.9. The van der Waals surface area contributed by atoms with E-state index in [0.717, 1.165) is 4.31 Å². The first-order valence-electron chi connectivity index (χ1n) is 5.47. The fraction of sp³-hybridized carbons (Fsp3) is 0.778. The topological polar surface area (TPSA) is 121 Å². The molecule has 0 unspecified atom stereocenters. The van der Waals surface area contributed by atoms with Gasteiger partial charge >= 0.3 is 5.97 Å². The van der Waals surface area contributed by atoms with E-state index in [1.165, 1.54) is 11.4 Å². The molecule has 8 nitrogen and oxygen atoms in total. The molecule has 1 rings (SSSR count). The number of aliphatic carboxylic acids is 1. The lowest BCUT2D eigenvalue weighted by Gasteiger charge is -2.31. The van der Waals surface area contributed by atoms with Crippen molar-refractivity contribution in [3.63, 3.8) is 0 Å². The van der Waals surface area contributed by atoms with Gasteiger partial charge in [0.05, 0.1) is 12.5 Å². The molecule has 1 aliphatic rings. The number of rotatable bonds is 5. The standard InChI is InChI=1S/C9H17N3O5S/c1-11(6-8(10)13)18(16,17)12-4-2-7(3-5-12)9(14)15/h7H,2-6H2,1H3,(H2,10,13)(H,14,15). The number of carbonyl (C=O) groups is 2.